The molecule has 1 fully saturated rings. The van der Waals surface area contributed by atoms with Gasteiger partial charge < -0.3 is 10.2 Å². The molecule has 1 aliphatic rings. The first-order chi connectivity index (χ1) is 10.1. The van der Waals surface area contributed by atoms with Crippen molar-refractivity contribution >= 4 is 15.9 Å². The summed E-state index contributed by atoms with van der Waals surface area (Å²) >= 11 is 3.57. The van der Waals surface area contributed by atoms with Crippen molar-refractivity contribution in [2.75, 3.05) is 40.3 Å². The average molecular weight is 354 g/mol. The van der Waals surface area contributed by atoms with E-state index in [0.29, 0.717) is 12.1 Å². The second kappa shape index (κ2) is 8.28. The Kier molecular flexibility index (Phi) is 6.68. The highest BCUT2D eigenvalue weighted by Crippen LogP contribution is 2.21. The highest BCUT2D eigenvalue weighted by atomic mass is 79.9. The van der Waals surface area contributed by atoms with Crippen LogP contribution in [0.1, 0.15) is 31.4 Å². The molecule has 1 saturated heterocycles. The van der Waals surface area contributed by atoms with Gasteiger partial charge in [-0.3, -0.25) is 4.90 Å². The van der Waals surface area contributed by atoms with Crippen LogP contribution in [0, 0.1) is 0 Å². The van der Waals surface area contributed by atoms with E-state index in [0.717, 1.165) is 17.4 Å². The fraction of sp³-hybridized carbons (Fsp3) is 0.647. The topological polar surface area (TPSA) is 18.5 Å². The maximum atomic E-state index is 3.57. The Morgan fingerprint density at radius 2 is 2.19 bits per heavy atom. The monoisotopic (exact) mass is 353 g/mol. The normalized spacial score (nSPS) is 23.0. The van der Waals surface area contributed by atoms with Gasteiger partial charge in [0.1, 0.15) is 0 Å². The Morgan fingerprint density at radius 1 is 1.38 bits per heavy atom. The molecule has 4 heteroatoms. The van der Waals surface area contributed by atoms with Crippen LogP contribution in [0.3, 0.4) is 0 Å². The molecule has 3 nitrogen and oxygen atoms in total. The van der Waals surface area contributed by atoms with Crippen LogP contribution in [0.2, 0.25) is 0 Å². The fourth-order valence-electron chi connectivity index (χ4n) is 3.25. The second-order valence-corrected chi connectivity index (χ2v) is 7.10. The van der Waals surface area contributed by atoms with E-state index in [-0.39, 0.29) is 0 Å². The van der Waals surface area contributed by atoms with Crippen molar-refractivity contribution < 1.29 is 0 Å². The summed E-state index contributed by atoms with van der Waals surface area (Å²) in [4.78, 5) is 5.10. The molecule has 0 radical (unpaired) electrons. The van der Waals surface area contributed by atoms with Gasteiger partial charge in [-0.2, -0.15) is 0 Å². The number of hydrogen-bond donors (Lipinski definition) is 1. The Morgan fingerprint density at radius 3 is 2.90 bits per heavy atom. The summed E-state index contributed by atoms with van der Waals surface area (Å²) in [6, 6.07) is 9.72. The van der Waals surface area contributed by atoms with E-state index in [4.69, 9.17) is 0 Å². The molecule has 2 atom stereocenters. The van der Waals surface area contributed by atoms with Crippen LogP contribution in [0.5, 0.6) is 0 Å². The van der Waals surface area contributed by atoms with Crippen LogP contribution in [-0.2, 0) is 0 Å². The minimum atomic E-state index is 0.427. The largest absolute Gasteiger partial charge is 0.313 e. The van der Waals surface area contributed by atoms with E-state index in [1.807, 2.05) is 0 Å². The van der Waals surface area contributed by atoms with Crippen LogP contribution in [0.4, 0.5) is 0 Å². The van der Waals surface area contributed by atoms with E-state index < -0.39 is 0 Å². The number of rotatable bonds is 5. The summed E-state index contributed by atoms with van der Waals surface area (Å²) in [5.41, 5.74) is 1.37. The summed E-state index contributed by atoms with van der Waals surface area (Å²) < 4.78 is 1.16. The summed E-state index contributed by atoms with van der Waals surface area (Å²) in [6.45, 7) is 7.14. The van der Waals surface area contributed by atoms with E-state index in [9.17, 15) is 0 Å². The molecule has 0 spiro atoms. The minimum Gasteiger partial charge on any atom is -0.313 e. The average Bonchev–Trinajstić information content (AvgIpc) is 2.61. The SMILES string of the molecule is CNC(CCN1CCCN(C)CC1C)c1cccc(Br)c1. The van der Waals surface area contributed by atoms with E-state index in [1.165, 1.54) is 31.6 Å². The summed E-state index contributed by atoms with van der Waals surface area (Å²) in [5, 5.41) is 3.47. The predicted octanol–water partition coefficient (Wildman–Crippen LogP) is 3.13. The Labute approximate surface area is 137 Å². The zero-order valence-corrected chi connectivity index (χ0v) is 15.1. The maximum absolute atomic E-state index is 3.57. The Balaban J connectivity index is 1.93. The maximum Gasteiger partial charge on any atom is 0.0330 e. The van der Waals surface area contributed by atoms with Crippen LogP contribution in [0.25, 0.3) is 0 Å². The summed E-state index contributed by atoms with van der Waals surface area (Å²) in [5.74, 6) is 0. The Hall–Kier alpha value is -0.420. The molecule has 1 aromatic carbocycles. The van der Waals surface area contributed by atoms with Gasteiger partial charge in [-0.15, -0.1) is 0 Å². The smallest absolute Gasteiger partial charge is 0.0330 e. The lowest BCUT2D eigenvalue weighted by atomic mass is 10.0. The standard InChI is InChI=1S/C17H28BrN3/c1-14-13-20(3)9-5-10-21(14)11-8-17(19-2)15-6-4-7-16(18)12-15/h4,6-7,12,14,17,19H,5,8-11,13H2,1-3H3. The molecule has 0 aliphatic carbocycles. The number of likely N-dealkylation sites (N-methyl/N-ethyl adjacent to an activating group) is 1. The lowest BCUT2D eigenvalue weighted by molar-refractivity contribution is 0.193. The molecule has 2 unspecified atom stereocenters. The van der Waals surface area contributed by atoms with Gasteiger partial charge in [-0.05, 0) is 64.6 Å². The molecular weight excluding hydrogens is 326 g/mol. The van der Waals surface area contributed by atoms with Gasteiger partial charge in [0, 0.05) is 29.6 Å². The van der Waals surface area contributed by atoms with Gasteiger partial charge in [0.25, 0.3) is 0 Å². The highest BCUT2D eigenvalue weighted by Gasteiger charge is 2.20. The Bertz CT molecular complexity index is 438. The molecule has 21 heavy (non-hydrogen) atoms. The first-order valence-electron chi connectivity index (χ1n) is 7.95. The molecule has 1 heterocycles. The van der Waals surface area contributed by atoms with Crippen molar-refractivity contribution in [2.45, 2.75) is 31.8 Å². The molecule has 0 bridgehead atoms. The third-order valence-electron chi connectivity index (χ3n) is 4.49. The first-order valence-corrected chi connectivity index (χ1v) is 8.74. The van der Waals surface area contributed by atoms with Crippen molar-refractivity contribution in [1.82, 2.24) is 15.1 Å². The number of benzene rings is 1. The zero-order valence-electron chi connectivity index (χ0n) is 13.5. The van der Waals surface area contributed by atoms with E-state index in [1.54, 1.807) is 0 Å². The minimum absolute atomic E-state index is 0.427. The van der Waals surface area contributed by atoms with Crippen molar-refractivity contribution in [1.29, 1.82) is 0 Å². The van der Waals surface area contributed by atoms with Gasteiger partial charge in [0.15, 0.2) is 0 Å². The first kappa shape index (κ1) is 16.9. The second-order valence-electron chi connectivity index (χ2n) is 6.19. The molecule has 0 aromatic heterocycles. The molecule has 2 rings (SSSR count). The lowest BCUT2D eigenvalue weighted by Crippen LogP contribution is -2.39. The van der Waals surface area contributed by atoms with Crippen LogP contribution in [0.15, 0.2) is 28.7 Å². The quantitative estimate of drug-likeness (QED) is 0.877. The summed E-state index contributed by atoms with van der Waals surface area (Å²) in [6.07, 6.45) is 2.43. The molecule has 1 aromatic rings. The van der Waals surface area contributed by atoms with Crippen molar-refractivity contribution in [3.63, 3.8) is 0 Å². The number of halogens is 1. The summed E-state index contributed by atoms with van der Waals surface area (Å²) in [7, 11) is 4.29. The zero-order chi connectivity index (χ0) is 15.2. The van der Waals surface area contributed by atoms with Gasteiger partial charge in [0.05, 0.1) is 0 Å². The number of nitrogens with zero attached hydrogens (tertiary/aromatic N) is 2. The van der Waals surface area contributed by atoms with Crippen molar-refractivity contribution in [3.8, 4) is 0 Å². The molecule has 0 saturated carbocycles. The van der Waals surface area contributed by atoms with Crippen LogP contribution < -0.4 is 5.32 Å². The van der Waals surface area contributed by atoms with Gasteiger partial charge in [0.2, 0.25) is 0 Å². The highest BCUT2D eigenvalue weighted by molar-refractivity contribution is 9.10. The van der Waals surface area contributed by atoms with Crippen molar-refractivity contribution in [2.24, 2.45) is 0 Å². The van der Waals surface area contributed by atoms with Crippen LogP contribution in [-0.4, -0.2) is 56.1 Å². The molecule has 118 valence electrons. The third kappa shape index (κ3) is 5.06. The van der Waals surface area contributed by atoms with E-state index in [2.05, 4.69) is 76.3 Å². The molecule has 1 aliphatic heterocycles. The number of nitrogens with one attached hydrogen (secondary N) is 1. The third-order valence-corrected chi connectivity index (χ3v) is 4.98. The molecule has 1 N–H and O–H groups in total. The van der Waals surface area contributed by atoms with Crippen LogP contribution >= 0.6 is 15.9 Å². The van der Waals surface area contributed by atoms with Crippen molar-refractivity contribution in [3.05, 3.63) is 34.3 Å². The lowest BCUT2D eigenvalue weighted by Gasteiger charge is -2.29. The van der Waals surface area contributed by atoms with Gasteiger partial charge in [-0.1, -0.05) is 28.1 Å². The fourth-order valence-corrected chi connectivity index (χ4v) is 3.67. The number of hydrogen-bond acceptors (Lipinski definition) is 3. The molecular formula is C17H28BrN3. The van der Waals surface area contributed by atoms with E-state index >= 15 is 0 Å². The molecule has 0 amide bonds. The van der Waals surface area contributed by atoms with Gasteiger partial charge >= 0.3 is 0 Å². The predicted molar refractivity (Wildman–Crippen MR) is 93.7 cm³/mol. The van der Waals surface area contributed by atoms with Gasteiger partial charge in [-0.25, -0.2) is 0 Å².